The van der Waals surface area contributed by atoms with Crippen molar-refractivity contribution in [1.29, 1.82) is 0 Å². The number of carbonyl (C=O) groups excluding carboxylic acids is 2. The lowest BCUT2D eigenvalue weighted by molar-refractivity contribution is -0.320. The van der Waals surface area contributed by atoms with E-state index in [9.17, 15) is 14.7 Å². The van der Waals surface area contributed by atoms with Gasteiger partial charge in [0, 0.05) is 24.1 Å². The van der Waals surface area contributed by atoms with Crippen molar-refractivity contribution in [1.82, 2.24) is 9.88 Å². The highest BCUT2D eigenvalue weighted by Crippen LogP contribution is 2.39. The molecule has 6 nitrogen and oxygen atoms in total. The number of rotatable bonds is 6. The third-order valence-electron chi connectivity index (χ3n) is 4.93. The molecule has 0 saturated heterocycles. The van der Waals surface area contributed by atoms with Crippen LogP contribution in [-0.4, -0.2) is 36.2 Å². The second-order valence-corrected chi connectivity index (χ2v) is 6.77. The molecule has 26 heavy (non-hydrogen) atoms. The number of ether oxygens (including phenoxy) is 1. The van der Waals surface area contributed by atoms with Crippen molar-refractivity contribution in [3.63, 3.8) is 0 Å². The zero-order valence-corrected chi connectivity index (χ0v) is 15.1. The molecule has 136 valence electrons. The molecule has 0 bridgehead atoms. The summed E-state index contributed by atoms with van der Waals surface area (Å²) in [5, 5.41) is 12.1. The van der Waals surface area contributed by atoms with E-state index in [0.717, 1.165) is 23.1 Å². The van der Waals surface area contributed by atoms with Crippen LogP contribution < -0.4 is 9.84 Å². The third-order valence-corrected chi connectivity index (χ3v) is 4.93. The first-order valence-corrected chi connectivity index (χ1v) is 8.49. The van der Waals surface area contributed by atoms with Gasteiger partial charge in [-0.3, -0.25) is 4.90 Å². The van der Waals surface area contributed by atoms with Crippen LogP contribution in [0.1, 0.15) is 35.2 Å². The van der Waals surface area contributed by atoms with Gasteiger partial charge in [0.2, 0.25) is 5.88 Å². The van der Waals surface area contributed by atoms with Gasteiger partial charge >= 0.3 is 0 Å². The number of aryl methyl sites for hydroxylation is 1. The van der Waals surface area contributed by atoms with Crippen LogP contribution in [0.15, 0.2) is 30.3 Å². The Morgan fingerprint density at radius 2 is 2.08 bits per heavy atom. The Balaban J connectivity index is 2.05. The standard InChI is InChI=1S/C20H22N2O4/c1-13-5-6-14-11-15-12-16(7-8-17(15)26-18(14)21-13)20(19(24)25,22(2)3)9-4-10-23/h5-8,10,12H,4,9,11H2,1-3H3,(H,24,25)/p-1. The molecule has 0 radical (unpaired) electrons. The fourth-order valence-corrected chi connectivity index (χ4v) is 3.46. The van der Waals surface area contributed by atoms with Gasteiger partial charge < -0.3 is 19.4 Å². The molecule has 1 aliphatic heterocycles. The Labute approximate surface area is 152 Å². The minimum Gasteiger partial charge on any atom is -0.548 e. The molecule has 0 amide bonds. The lowest BCUT2D eigenvalue weighted by Gasteiger charge is -2.41. The zero-order valence-electron chi connectivity index (χ0n) is 15.1. The molecule has 2 aromatic rings. The van der Waals surface area contributed by atoms with E-state index in [-0.39, 0.29) is 12.8 Å². The van der Waals surface area contributed by atoms with Gasteiger partial charge in [0.25, 0.3) is 0 Å². The van der Waals surface area contributed by atoms with E-state index in [1.54, 1.807) is 31.1 Å². The molecule has 0 N–H and O–H groups in total. The summed E-state index contributed by atoms with van der Waals surface area (Å²) in [5.41, 5.74) is 1.93. The number of carbonyl (C=O) groups is 2. The first kappa shape index (κ1) is 18.1. The third kappa shape index (κ3) is 2.97. The molecule has 6 heteroatoms. The van der Waals surface area contributed by atoms with Gasteiger partial charge in [-0.25, -0.2) is 4.98 Å². The second kappa shape index (κ2) is 6.88. The van der Waals surface area contributed by atoms with Gasteiger partial charge in [0.05, 0.1) is 11.5 Å². The summed E-state index contributed by atoms with van der Waals surface area (Å²) in [4.78, 5) is 28.9. The maximum Gasteiger partial charge on any atom is 0.223 e. The van der Waals surface area contributed by atoms with Crippen molar-refractivity contribution >= 4 is 12.3 Å². The van der Waals surface area contributed by atoms with E-state index in [2.05, 4.69) is 4.98 Å². The average molecular weight is 353 g/mol. The number of pyridine rings is 1. The lowest BCUT2D eigenvalue weighted by atomic mass is 9.82. The van der Waals surface area contributed by atoms with Crippen LogP contribution in [0.5, 0.6) is 11.6 Å². The molecule has 1 aliphatic rings. The Kier molecular flexibility index (Phi) is 4.78. The molecule has 1 unspecified atom stereocenters. The monoisotopic (exact) mass is 353 g/mol. The first-order valence-electron chi connectivity index (χ1n) is 8.49. The average Bonchev–Trinajstić information content (AvgIpc) is 2.60. The van der Waals surface area contributed by atoms with E-state index in [1.165, 1.54) is 0 Å². The summed E-state index contributed by atoms with van der Waals surface area (Å²) in [6.07, 6.45) is 1.61. The van der Waals surface area contributed by atoms with E-state index in [1.807, 2.05) is 25.1 Å². The summed E-state index contributed by atoms with van der Waals surface area (Å²) in [5.74, 6) is 0.0319. The van der Waals surface area contributed by atoms with Gasteiger partial charge in [-0.2, -0.15) is 0 Å². The number of hydrogen-bond donors (Lipinski definition) is 0. The Morgan fingerprint density at radius 3 is 2.73 bits per heavy atom. The minimum absolute atomic E-state index is 0.131. The highest BCUT2D eigenvalue weighted by atomic mass is 16.5. The van der Waals surface area contributed by atoms with Gasteiger partial charge in [-0.15, -0.1) is 0 Å². The normalized spacial score (nSPS) is 14.8. The Bertz CT molecular complexity index is 863. The van der Waals surface area contributed by atoms with Gasteiger partial charge in [-0.05, 0) is 56.8 Å². The number of benzene rings is 1. The van der Waals surface area contributed by atoms with Crippen molar-refractivity contribution in [2.75, 3.05) is 14.1 Å². The van der Waals surface area contributed by atoms with E-state index >= 15 is 0 Å². The van der Waals surface area contributed by atoms with Crippen molar-refractivity contribution < 1.29 is 19.4 Å². The highest BCUT2D eigenvalue weighted by molar-refractivity contribution is 5.79. The van der Waals surface area contributed by atoms with Gasteiger partial charge in [0.1, 0.15) is 12.0 Å². The van der Waals surface area contributed by atoms with Crippen LogP contribution in [0.3, 0.4) is 0 Å². The number of nitrogens with zero attached hydrogens (tertiary/aromatic N) is 2. The highest BCUT2D eigenvalue weighted by Gasteiger charge is 2.37. The van der Waals surface area contributed by atoms with Gasteiger partial charge in [-0.1, -0.05) is 12.1 Å². The number of hydrogen-bond acceptors (Lipinski definition) is 6. The summed E-state index contributed by atoms with van der Waals surface area (Å²) in [7, 11) is 3.36. The summed E-state index contributed by atoms with van der Waals surface area (Å²) >= 11 is 0. The number of aliphatic carboxylic acids is 1. The van der Waals surface area contributed by atoms with E-state index < -0.39 is 11.5 Å². The number of carboxylic acids is 1. The fraction of sp³-hybridized carbons (Fsp3) is 0.350. The lowest BCUT2D eigenvalue weighted by Crippen LogP contribution is -2.55. The molecule has 1 aromatic carbocycles. The number of carboxylic acid groups (broad SMARTS) is 1. The van der Waals surface area contributed by atoms with E-state index in [0.29, 0.717) is 23.6 Å². The van der Waals surface area contributed by atoms with Crippen LogP contribution in [0.4, 0.5) is 0 Å². The maximum absolute atomic E-state index is 12.1. The molecule has 0 fully saturated rings. The van der Waals surface area contributed by atoms with Crippen LogP contribution in [0, 0.1) is 6.92 Å². The van der Waals surface area contributed by atoms with Crippen LogP contribution in [0.25, 0.3) is 0 Å². The quantitative estimate of drug-likeness (QED) is 0.626. The summed E-state index contributed by atoms with van der Waals surface area (Å²) < 4.78 is 5.88. The molecule has 3 rings (SSSR count). The van der Waals surface area contributed by atoms with Crippen LogP contribution >= 0.6 is 0 Å². The van der Waals surface area contributed by atoms with Gasteiger partial charge in [0.15, 0.2) is 0 Å². The summed E-state index contributed by atoms with van der Waals surface area (Å²) in [6.45, 7) is 1.90. The molecule has 1 atom stereocenters. The topological polar surface area (TPSA) is 82.6 Å². The van der Waals surface area contributed by atoms with E-state index in [4.69, 9.17) is 4.74 Å². The van der Waals surface area contributed by atoms with Crippen molar-refractivity contribution in [3.05, 3.63) is 52.7 Å². The Morgan fingerprint density at radius 1 is 1.31 bits per heavy atom. The van der Waals surface area contributed by atoms with Crippen molar-refractivity contribution in [2.45, 2.75) is 31.7 Å². The summed E-state index contributed by atoms with van der Waals surface area (Å²) in [6, 6.07) is 9.21. The van der Waals surface area contributed by atoms with Crippen LogP contribution in [-0.2, 0) is 21.5 Å². The largest absolute Gasteiger partial charge is 0.548 e. The number of likely N-dealkylation sites (N-methyl/N-ethyl adjacent to an activating group) is 1. The number of fused-ring (bicyclic) bond motifs is 2. The molecular formula is C20H21N2O4-. The first-order chi connectivity index (χ1) is 12.4. The predicted molar refractivity (Wildman–Crippen MR) is 94.0 cm³/mol. The molecule has 2 heterocycles. The molecule has 0 saturated carbocycles. The Hall–Kier alpha value is -2.73. The predicted octanol–water partition coefficient (Wildman–Crippen LogP) is 1.57. The zero-order chi connectivity index (χ0) is 18.9. The fourth-order valence-electron chi connectivity index (χ4n) is 3.46. The molecular weight excluding hydrogens is 332 g/mol. The maximum atomic E-state index is 12.1. The second-order valence-electron chi connectivity index (χ2n) is 6.77. The molecule has 0 aliphatic carbocycles. The van der Waals surface area contributed by atoms with Crippen molar-refractivity contribution in [2.24, 2.45) is 0 Å². The molecule has 1 aromatic heterocycles. The van der Waals surface area contributed by atoms with Crippen molar-refractivity contribution in [3.8, 4) is 11.6 Å². The molecule has 0 spiro atoms. The number of aromatic nitrogens is 1. The SMILES string of the molecule is Cc1ccc2c(n1)Oc1ccc(C(CCC=O)(C(=O)[O-])N(C)C)cc1C2. The minimum atomic E-state index is -1.37. The number of aldehydes is 1. The smallest absolute Gasteiger partial charge is 0.223 e. The van der Waals surface area contributed by atoms with Crippen LogP contribution in [0.2, 0.25) is 0 Å².